The number of primary amides is 1. The second kappa shape index (κ2) is 11.0. The van der Waals surface area contributed by atoms with Gasteiger partial charge in [0.2, 0.25) is 11.8 Å². The lowest BCUT2D eigenvalue weighted by Gasteiger charge is -2.09. The maximum atomic E-state index is 12.3. The predicted octanol–water partition coefficient (Wildman–Crippen LogP) is 4.62. The Kier molecular flexibility index (Phi) is 7.87. The Labute approximate surface area is 194 Å². The second-order valence-corrected chi connectivity index (χ2v) is 7.69. The van der Waals surface area contributed by atoms with Crippen LogP contribution in [0.2, 0.25) is 0 Å². The second-order valence-electron chi connectivity index (χ2n) is 6.67. The summed E-state index contributed by atoms with van der Waals surface area (Å²) in [4.78, 5) is 34.4. The van der Waals surface area contributed by atoms with Crippen LogP contribution in [-0.2, 0) is 4.79 Å². The van der Waals surface area contributed by atoms with Crippen molar-refractivity contribution >= 4 is 35.0 Å². The fraction of sp³-hybridized carbons (Fsp3) is 0.130. The van der Waals surface area contributed by atoms with Gasteiger partial charge in [0.25, 0.3) is 5.69 Å². The van der Waals surface area contributed by atoms with Crippen molar-refractivity contribution in [2.45, 2.75) is 11.8 Å². The Morgan fingerprint density at radius 3 is 2.18 bits per heavy atom. The summed E-state index contributed by atoms with van der Waals surface area (Å²) in [5, 5.41) is 14.0. The number of nitro benzene ring substituents is 1. The number of anilines is 1. The highest BCUT2D eigenvalue weighted by atomic mass is 32.2. The van der Waals surface area contributed by atoms with E-state index in [4.69, 9.17) is 15.2 Å². The molecule has 0 aliphatic rings. The molecule has 0 atom stereocenters. The lowest BCUT2D eigenvalue weighted by molar-refractivity contribution is -0.387. The fourth-order valence-electron chi connectivity index (χ4n) is 2.79. The van der Waals surface area contributed by atoms with Crippen LogP contribution < -0.4 is 20.5 Å². The smallest absolute Gasteiger partial charge is 0.283 e. The molecule has 2 amide bonds. The molecule has 0 heterocycles. The molecule has 3 rings (SSSR count). The van der Waals surface area contributed by atoms with Crippen molar-refractivity contribution in [3.05, 3.63) is 82.4 Å². The van der Waals surface area contributed by atoms with Crippen LogP contribution in [0.1, 0.15) is 17.3 Å². The molecule has 0 spiro atoms. The Balaban J connectivity index is 1.55. The number of nitrogens with one attached hydrogen (secondary N) is 1. The lowest BCUT2D eigenvalue weighted by Crippen LogP contribution is -2.14. The Bertz CT molecular complexity index is 1150. The van der Waals surface area contributed by atoms with Gasteiger partial charge in [0.15, 0.2) is 0 Å². The topological polar surface area (TPSA) is 134 Å². The van der Waals surface area contributed by atoms with Crippen molar-refractivity contribution in [2.24, 2.45) is 5.73 Å². The quantitative estimate of drug-likeness (QED) is 0.252. The molecular formula is C23H21N3O6S. The van der Waals surface area contributed by atoms with E-state index in [0.717, 1.165) is 23.6 Å². The van der Waals surface area contributed by atoms with Crippen LogP contribution in [0.15, 0.2) is 71.6 Å². The molecule has 3 aromatic rings. The Morgan fingerprint density at radius 1 is 1.00 bits per heavy atom. The minimum absolute atomic E-state index is 0.0306. The molecule has 0 aliphatic carbocycles. The van der Waals surface area contributed by atoms with E-state index >= 15 is 0 Å². The van der Waals surface area contributed by atoms with Crippen molar-refractivity contribution in [3.63, 3.8) is 0 Å². The van der Waals surface area contributed by atoms with Crippen LogP contribution in [0.4, 0.5) is 11.4 Å². The summed E-state index contributed by atoms with van der Waals surface area (Å²) < 4.78 is 11.2. The normalized spacial score (nSPS) is 10.3. The van der Waals surface area contributed by atoms with Crippen LogP contribution in [0.3, 0.4) is 0 Å². The van der Waals surface area contributed by atoms with E-state index in [-0.39, 0.29) is 27.8 Å². The van der Waals surface area contributed by atoms with Gasteiger partial charge in [0, 0.05) is 17.3 Å². The van der Waals surface area contributed by atoms with Gasteiger partial charge in [-0.3, -0.25) is 19.7 Å². The van der Waals surface area contributed by atoms with Gasteiger partial charge in [-0.1, -0.05) is 0 Å². The maximum Gasteiger partial charge on any atom is 0.283 e. The summed E-state index contributed by atoms with van der Waals surface area (Å²) in [5.74, 6) is 0.847. The molecule has 0 bridgehead atoms. The van der Waals surface area contributed by atoms with Crippen LogP contribution in [0, 0.1) is 10.1 Å². The zero-order valence-electron chi connectivity index (χ0n) is 17.6. The van der Waals surface area contributed by atoms with Gasteiger partial charge in [0.05, 0.1) is 22.2 Å². The first-order chi connectivity index (χ1) is 15.9. The number of nitrogens with zero attached hydrogens (tertiary/aromatic N) is 1. The first kappa shape index (κ1) is 23.6. The number of nitro groups is 1. The monoisotopic (exact) mass is 467 g/mol. The van der Waals surface area contributed by atoms with Crippen LogP contribution in [0.5, 0.6) is 17.2 Å². The average Bonchev–Trinajstić information content (AvgIpc) is 2.80. The third-order valence-corrected chi connectivity index (χ3v) is 5.37. The molecule has 3 aromatic carbocycles. The SMILES string of the molecule is CCOc1ccc(Oc2ccc(NC(=O)CSc3ccc(C(N)=O)cc3[N+](=O)[O-])cc2)cc1. The number of carbonyl (C=O) groups excluding carboxylic acids is 2. The fourth-order valence-corrected chi connectivity index (χ4v) is 3.59. The molecule has 0 saturated carbocycles. The van der Waals surface area contributed by atoms with E-state index in [1.54, 1.807) is 36.4 Å². The lowest BCUT2D eigenvalue weighted by atomic mass is 10.2. The number of nitrogens with two attached hydrogens (primary N) is 1. The van der Waals surface area contributed by atoms with Crippen LogP contribution in [-0.4, -0.2) is 29.1 Å². The van der Waals surface area contributed by atoms with E-state index in [1.165, 1.54) is 12.1 Å². The maximum absolute atomic E-state index is 12.3. The minimum Gasteiger partial charge on any atom is -0.494 e. The largest absolute Gasteiger partial charge is 0.494 e. The van der Waals surface area contributed by atoms with Gasteiger partial charge in [-0.15, -0.1) is 11.8 Å². The number of thioether (sulfide) groups is 1. The summed E-state index contributed by atoms with van der Waals surface area (Å²) in [7, 11) is 0. The molecule has 10 heteroatoms. The predicted molar refractivity (Wildman–Crippen MR) is 125 cm³/mol. The molecule has 9 nitrogen and oxygen atoms in total. The summed E-state index contributed by atoms with van der Waals surface area (Å²) in [6, 6.07) is 17.9. The number of rotatable bonds is 10. The third-order valence-electron chi connectivity index (χ3n) is 4.31. The highest BCUT2D eigenvalue weighted by Gasteiger charge is 2.18. The van der Waals surface area contributed by atoms with Crippen molar-refractivity contribution in [1.29, 1.82) is 0 Å². The number of ether oxygens (including phenoxy) is 2. The molecule has 0 radical (unpaired) electrons. The average molecular weight is 468 g/mol. The summed E-state index contributed by atoms with van der Waals surface area (Å²) in [5.41, 5.74) is 5.47. The van der Waals surface area contributed by atoms with E-state index < -0.39 is 10.8 Å². The number of hydrogen-bond acceptors (Lipinski definition) is 7. The van der Waals surface area contributed by atoms with Crippen molar-refractivity contribution < 1.29 is 24.0 Å². The van der Waals surface area contributed by atoms with Crippen molar-refractivity contribution in [2.75, 3.05) is 17.7 Å². The summed E-state index contributed by atoms with van der Waals surface area (Å²) in [6.45, 7) is 2.50. The Hall–Kier alpha value is -4.05. The zero-order chi connectivity index (χ0) is 23.8. The molecule has 0 unspecified atom stereocenters. The summed E-state index contributed by atoms with van der Waals surface area (Å²) in [6.07, 6.45) is 0. The number of amides is 2. The van der Waals surface area contributed by atoms with Gasteiger partial charge in [-0.25, -0.2) is 0 Å². The molecule has 170 valence electrons. The molecule has 0 saturated heterocycles. The first-order valence-corrected chi connectivity index (χ1v) is 10.9. The molecule has 3 N–H and O–H groups in total. The van der Waals surface area contributed by atoms with Crippen LogP contribution in [0.25, 0.3) is 0 Å². The number of hydrogen-bond donors (Lipinski definition) is 2. The van der Waals surface area contributed by atoms with Gasteiger partial charge in [-0.05, 0) is 67.6 Å². The van der Waals surface area contributed by atoms with Gasteiger partial charge >= 0.3 is 0 Å². The standard InChI is InChI=1S/C23H21N3O6S/c1-2-31-17-8-10-19(11-9-17)32-18-6-4-16(5-7-18)25-22(27)14-33-21-12-3-15(23(24)28)13-20(21)26(29)30/h3-13H,2,14H2,1H3,(H2,24,28)(H,25,27). The van der Waals surface area contributed by atoms with Crippen molar-refractivity contribution in [3.8, 4) is 17.2 Å². The van der Waals surface area contributed by atoms with E-state index in [9.17, 15) is 19.7 Å². The number of carbonyl (C=O) groups is 2. The third kappa shape index (κ3) is 6.71. The first-order valence-electron chi connectivity index (χ1n) is 9.87. The zero-order valence-corrected chi connectivity index (χ0v) is 18.5. The Morgan fingerprint density at radius 2 is 1.61 bits per heavy atom. The molecule has 0 aromatic heterocycles. The van der Waals surface area contributed by atoms with Gasteiger partial charge < -0.3 is 20.5 Å². The summed E-state index contributed by atoms with van der Waals surface area (Å²) >= 11 is 0.992. The van der Waals surface area contributed by atoms with Crippen molar-refractivity contribution in [1.82, 2.24) is 0 Å². The number of benzene rings is 3. The van der Waals surface area contributed by atoms with E-state index in [1.807, 2.05) is 19.1 Å². The van der Waals surface area contributed by atoms with Gasteiger partial charge in [-0.2, -0.15) is 0 Å². The minimum atomic E-state index is -0.762. The van der Waals surface area contributed by atoms with Gasteiger partial charge in [0.1, 0.15) is 17.2 Å². The van der Waals surface area contributed by atoms with E-state index in [0.29, 0.717) is 23.8 Å². The highest BCUT2D eigenvalue weighted by molar-refractivity contribution is 8.00. The molecule has 33 heavy (non-hydrogen) atoms. The molecular weight excluding hydrogens is 446 g/mol. The molecule has 0 aliphatic heterocycles. The molecule has 0 fully saturated rings. The van der Waals surface area contributed by atoms with E-state index in [2.05, 4.69) is 5.32 Å². The highest BCUT2D eigenvalue weighted by Crippen LogP contribution is 2.30. The van der Waals surface area contributed by atoms with Crippen LogP contribution >= 0.6 is 11.8 Å².